The van der Waals surface area contributed by atoms with Crippen molar-refractivity contribution in [3.63, 3.8) is 0 Å². The molecule has 0 aliphatic rings. The van der Waals surface area contributed by atoms with E-state index in [0.29, 0.717) is 16.9 Å². The van der Waals surface area contributed by atoms with Crippen molar-refractivity contribution in [2.24, 2.45) is 0 Å². The number of hydrogen-bond acceptors (Lipinski definition) is 6. The SMILES string of the molecule is O=C(Cc1c(F)cccc1Cl)Nc1cnnc(Cl)c1.O=C(Cc1ccc(F)cc1Cl)Nc1cnnc(Cl)c1. The number of rotatable bonds is 6. The molecule has 0 atom stereocenters. The summed E-state index contributed by atoms with van der Waals surface area (Å²) in [6.07, 6.45) is 2.56. The van der Waals surface area contributed by atoms with Crippen LogP contribution in [0.25, 0.3) is 0 Å². The molecule has 2 amide bonds. The highest BCUT2D eigenvalue weighted by Gasteiger charge is 2.12. The summed E-state index contributed by atoms with van der Waals surface area (Å²) in [5.41, 5.74) is 1.50. The first-order chi connectivity index (χ1) is 18.1. The van der Waals surface area contributed by atoms with Crippen molar-refractivity contribution in [1.82, 2.24) is 20.4 Å². The molecule has 2 N–H and O–H groups in total. The largest absolute Gasteiger partial charge is 0.324 e. The van der Waals surface area contributed by atoms with Gasteiger partial charge < -0.3 is 10.6 Å². The number of anilines is 2. The summed E-state index contributed by atoms with van der Waals surface area (Å²) in [4.78, 5) is 23.5. The predicted molar refractivity (Wildman–Crippen MR) is 142 cm³/mol. The number of halogens is 6. The Balaban J connectivity index is 0.000000211. The minimum atomic E-state index is -0.520. The standard InChI is InChI=1S/2C12H8Cl2FN3O/c13-10-4-8(15)2-1-7(10)3-12(19)17-9-5-11(14)18-16-6-9;13-9-2-1-3-10(15)8(9)5-12(19)17-7-4-11(14)18-16-6-7/h1-2,4-6H,3H2,(H,17,18,19);1-4,6H,5H2,(H,17,18,19). The molecule has 2 aromatic heterocycles. The van der Waals surface area contributed by atoms with Crippen molar-refractivity contribution in [2.45, 2.75) is 12.8 Å². The van der Waals surface area contributed by atoms with E-state index in [1.165, 1.54) is 54.9 Å². The zero-order valence-corrected chi connectivity index (χ0v) is 22.1. The Labute approximate surface area is 235 Å². The van der Waals surface area contributed by atoms with E-state index in [0.717, 1.165) is 6.07 Å². The quantitative estimate of drug-likeness (QED) is 0.273. The Morgan fingerprint density at radius 1 is 0.737 bits per heavy atom. The van der Waals surface area contributed by atoms with Gasteiger partial charge in [-0.3, -0.25) is 9.59 Å². The summed E-state index contributed by atoms with van der Waals surface area (Å²) in [6.45, 7) is 0. The van der Waals surface area contributed by atoms with Crippen LogP contribution < -0.4 is 10.6 Å². The second-order valence-corrected chi connectivity index (χ2v) is 9.01. The number of aromatic nitrogens is 4. The van der Waals surface area contributed by atoms with Crippen LogP contribution in [-0.4, -0.2) is 32.2 Å². The van der Waals surface area contributed by atoms with Gasteiger partial charge in [-0.15, -0.1) is 10.2 Å². The number of carbonyl (C=O) groups excluding carboxylic acids is 2. The van der Waals surface area contributed by atoms with Gasteiger partial charge >= 0.3 is 0 Å². The molecule has 0 spiro atoms. The van der Waals surface area contributed by atoms with Crippen LogP contribution in [0.15, 0.2) is 60.9 Å². The monoisotopic (exact) mass is 598 g/mol. The van der Waals surface area contributed by atoms with Crippen LogP contribution in [0.2, 0.25) is 20.4 Å². The highest BCUT2D eigenvalue weighted by Crippen LogP contribution is 2.21. The van der Waals surface area contributed by atoms with E-state index in [2.05, 4.69) is 31.0 Å². The summed E-state index contributed by atoms with van der Waals surface area (Å²) in [5, 5.41) is 20.2. The number of nitrogens with zero attached hydrogens (tertiary/aromatic N) is 4. The molecule has 0 saturated carbocycles. The van der Waals surface area contributed by atoms with Crippen molar-refractivity contribution in [2.75, 3.05) is 10.6 Å². The molecule has 4 rings (SSSR count). The molecular formula is C24H16Cl4F2N6O2. The van der Waals surface area contributed by atoms with Gasteiger partial charge in [0.15, 0.2) is 10.3 Å². The highest BCUT2D eigenvalue weighted by atomic mass is 35.5. The normalized spacial score (nSPS) is 10.3. The zero-order chi connectivity index (χ0) is 27.7. The van der Waals surface area contributed by atoms with E-state index in [-0.39, 0.29) is 44.7 Å². The molecule has 2 aromatic carbocycles. The van der Waals surface area contributed by atoms with Gasteiger partial charge in [-0.25, -0.2) is 8.78 Å². The van der Waals surface area contributed by atoms with Crippen LogP contribution in [0.1, 0.15) is 11.1 Å². The maximum Gasteiger partial charge on any atom is 0.229 e. The lowest BCUT2D eigenvalue weighted by atomic mass is 10.1. The van der Waals surface area contributed by atoms with E-state index < -0.39 is 17.5 Å². The maximum atomic E-state index is 13.5. The van der Waals surface area contributed by atoms with Gasteiger partial charge in [0.2, 0.25) is 11.8 Å². The summed E-state index contributed by atoms with van der Waals surface area (Å²) in [6, 6.07) is 11.0. The third-order valence-electron chi connectivity index (χ3n) is 4.58. The summed E-state index contributed by atoms with van der Waals surface area (Å²) in [5.74, 6) is -1.69. The first-order valence-electron chi connectivity index (χ1n) is 10.5. The van der Waals surface area contributed by atoms with Gasteiger partial charge in [-0.05, 0) is 29.8 Å². The fourth-order valence-electron chi connectivity index (χ4n) is 2.93. The fraction of sp³-hybridized carbons (Fsp3) is 0.0833. The summed E-state index contributed by atoms with van der Waals surface area (Å²) < 4.78 is 26.4. The van der Waals surface area contributed by atoms with Crippen LogP contribution in [0, 0.1) is 11.6 Å². The molecule has 0 aliphatic carbocycles. The van der Waals surface area contributed by atoms with Crippen molar-refractivity contribution >= 4 is 69.6 Å². The van der Waals surface area contributed by atoms with Crippen LogP contribution >= 0.6 is 46.4 Å². The number of amides is 2. The molecule has 196 valence electrons. The lowest BCUT2D eigenvalue weighted by Gasteiger charge is -2.07. The lowest BCUT2D eigenvalue weighted by molar-refractivity contribution is -0.116. The topological polar surface area (TPSA) is 110 Å². The smallest absolute Gasteiger partial charge is 0.229 e. The number of hydrogen-bond donors (Lipinski definition) is 2. The number of nitrogens with one attached hydrogen (secondary N) is 2. The van der Waals surface area contributed by atoms with Crippen molar-refractivity contribution < 1.29 is 18.4 Å². The Hall–Kier alpha value is -3.44. The van der Waals surface area contributed by atoms with Gasteiger partial charge in [0.05, 0.1) is 36.6 Å². The Morgan fingerprint density at radius 2 is 1.32 bits per heavy atom. The van der Waals surface area contributed by atoms with E-state index >= 15 is 0 Å². The van der Waals surface area contributed by atoms with Crippen molar-refractivity contribution in [3.8, 4) is 0 Å². The molecule has 0 saturated heterocycles. The Kier molecular flexibility index (Phi) is 10.7. The van der Waals surface area contributed by atoms with Gasteiger partial charge in [0.1, 0.15) is 11.6 Å². The average Bonchev–Trinajstić information content (AvgIpc) is 2.84. The number of benzene rings is 2. The molecule has 0 fully saturated rings. The minimum absolute atomic E-state index is 0.0268. The molecule has 8 nitrogen and oxygen atoms in total. The molecule has 0 aliphatic heterocycles. The molecule has 38 heavy (non-hydrogen) atoms. The Bertz CT molecular complexity index is 1440. The third kappa shape index (κ3) is 9.14. The van der Waals surface area contributed by atoms with Gasteiger partial charge in [0.25, 0.3) is 0 Å². The lowest BCUT2D eigenvalue weighted by Crippen LogP contribution is -2.15. The van der Waals surface area contributed by atoms with E-state index in [4.69, 9.17) is 46.4 Å². The first kappa shape index (κ1) is 29.1. The molecular weight excluding hydrogens is 584 g/mol. The molecule has 0 bridgehead atoms. The van der Waals surface area contributed by atoms with Crippen LogP contribution in [0.3, 0.4) is 0 Å². The molecule has 0 unspecified atom stereocenters. The van der Waals surface area contributed by atoms with Crippen LogP contribution in [-0.2, 0) is 22.4 Å². The molecule has 0 radical (unpaired) electrons. The predicted octanol–water partition coefficient (Wildman–Crippen LogP) is 6.21. The maximum absolute atomic E-state index is 13.5. The van der Waals surface area contributed by atoms with E-state index in [9.17, 15) is 18.4 Å². The van der Waals surface area contributed by atoms with Crippen LogP contribution in [0.4, 0.5) is 20.2 Å². The highest BCUT2D eigenvalue weighted by molar-refractivity contribution is 6.32. The fourth-order valence-corrected chi connectivity index (χ4v) is 3.71. The summed E-state index contributed by atoms with van der Waals surface area (Å²) >= 11 is 23.0. The minimum Gasteiger partial charge on any atom is -0.324 e. The Morgan fingerprint density at radius 3 is 1.84 bits per heavy atom. The third-order valence-corrected chi connectivity index (χ3v) is 5.66. The number of carbonyl (C=O) groups is 2. The average molecular weight is 600 g/mol. The molecule has 2 heterocycles. The van der Waals surface area contributed by atoms with E-state index in [1.54, 1.807) is 0 Å². The van der Waals surface area contributed by atoms with Gasteiger partial charge in [-0.1, -0.05) is 58.5 Å². The zero-order valence-electron chi connectivity index (χ0n) is 19.1. The van der Waals surface area contributed by atoms with E-state index in [1.807, 2.05) is 0 Å². The molecule has 4 aromatic rings. The van der Waals surface area contributed by atoms with Crippen molar-refractivity contribution in [1.29, 1.82) is 0 Å². The summed E-state index contributed by atoms with van der Waals surface area (Å²) in [7, 11) is 0. The van der Waals surface area contributed by atoms with Gasteiger partial charge in [0, 0.05) is 27.7 Å². The van der Waals surface area contributed by atoms with Gasteiger partial charge in [-0.2, -0.15) is 10.2 Å². The van der Waals surface area contributed by atoms with Crippen LogP contribution in [0.5, 0.6) is 0 Å². The second kappa shape index (κ2) is 13.9. The second-order valence-electron chi connectivity index (χ2n) is 7.42. The molecule has 14 heteroatoms. The van der Waals surface area contributed by atoms with Crippen molar-refractivity contribution in [3.05, 3.63) is 104 Å². The first-order valence-corrected chi connectivity index (χ1v) is 12.0.